The fourth-order valence-electron chi connectivity index (χ4n) is 1.83. The third-order valence-corrected chi connectivity index (χ3v) is 3.59. The highest BCUT2D eigenvalue weighted by Crippen LogP contribution is 2.22. The number of hydrogen-bond acceptors (Lipinski definition) is 2. The topological polar surface area (TPSA) is 32.3 Å². The number of nitrogens with one attached hydrogen (secondary N) is 1. The van der Waals surface area contributed by atoms with Crippen LogP contribution < -0.4 is 10.2 Å². The van der Waals surface area contributed by atoms with Gasteiger partial charge in [-0.05, 0) is 48.0 Å². The van der Waals surface area contributed by atoms with Gasteiger partial charge in [0.15, 0.2) is 0 Å². The van der Waals surface area contributed by atoms with E-state index in [2.05, 4.69) is 5.32 Å². The summed E-state index contributed by atoms with van der Waals surface area (Å²) in [5.41, 5.74) is 2.55. The molecule has 0 aliphatic rings. The van der Waals surface area contributed by atoms with Gasteiger partial charge in [-0.3, -0.25) is 4.79 Å². The molecule has 0 bridgehead atoms. The van der Waals surface area contributed by atoms with Crippen LogP contribution in [0.3, 0.4) is 0 Å². The highest BCUT2D eigenvalue weighted by atomic mass is 35.5. The summed E-state index contributed by atoms with van der Waals surface area (Å²) in [4.78, 5) is 13.9. The van der Waals surface area contributed by atoms with Crippen LogP contribution in [0.1, 0.15) is 5.56 Å². The Bertz CT molecular complexity index is 694. The first kappa shape index (κ1) is 16.4. The van der Waals surface area contributed by atoms with Crippen LogP contribution in [0.25, 0.3) is 6.08 Å². The van der Waals surface area contributed by atoms with Crippen LogP contribution in [0.2, 0.25) is 10.0 Å². The van der Waals surface area contributed by atoms with Crippen LogP contribution in [-0.4, -0.2) is 20.0 Å². The van der Waals surface area contributed by atoms with E-state index in [-0.39, 0.29) is 5.91 Å². The maximum Gasteiger partial charge on any atom is 0.248 e. The molecule has 0 spiro atoms. The number of carbonyl (C=O) groups excluding carboxylic acids is 1. The molecule has 0 aromatic heterocycles. The van der Waals surface area contributed by atoms with Crippen LogP contribution in [0.15, 0.2) is 48.5 Å². The first-order valence-corrected chi connectivity index (χ1v) is 7.43. The summed E-state index contributed by atoms with van der Waals surface area (Å²) in [6.07, 6.45) is 3.09. The van der Waals surface area contributed by atoms with Gasteiger partial charge in [-0.15, -0.1) is 0 Å². The van der Waals surface area contributed by atoms with E-state index in [4.69, 9.17) is 23.2 Å². The molecule has 0 aliphatic carbocycles. The predicted octanol–water partition coefficient (Wildman–Crippen LogP) is 4.71. The fourth-order valence-corrected chi connectivity index (χ4v) is 2.30. The van der Waals surface area contributed by atoms with E-state index in [0.29, 0.717) is 10.0 Å². The van der Waals surface area contributed by atoms with Gasteiger partial charge >= 0.3 is 0 Å². The molecular weight excluding hydrogens is 319 g/mol. The molecule has 0 fully saturated rings. The lowest BCUT2D eigenvalue weighted by Crippen LogP contribution is -2.10. The number of carbonyl (C=O) groups is 1. The van der Waals surface area contributed by atoms with Gasteiger partial charge in [0.2, 0.25) is 5.91 Å². The van der Waals surface area contributed by atoms with E-state index in [1.54, 1.807) is 24.3 Å². The van der Waals surface area contributed by atoms with Gasteiger partial charge in [0.05, 0.1) is 0 Å². The minimum absolute atomic E-state index is 0.219. The van der Waals surface area contributed by atoms with Crippen molar-refractivity contribution in [2.24, 2.45) is 0 Å². The Kier molecular flexibility index (Phi) is 5.47. The van der Waals surface area contributed by atoms with E-state index in [1.165, 1.54) is 6.08 Å². The van der Waals surface area contributed by atoms with Crippen molar-refractivity contribution in [3.8, 4) is 0 Å². The number of rotatable bonds is 4. The zero-order chi connectivity index (χ0) is 16.1. The second kappa shape index (κ2) is 7.34. The average Bonchev–Trinajstić information content (AvgIpc) is 2.47. The van der Waals surface area contributed by atoms with Gasteiger partial charge in [-0.1, -0.05) is 29.3 Å². The Hall–Kier alpha value is -1.97. The molecule has 0 unspecified atom stereocenters. The highest BCUT2D eigenvalue weighted by Gasteiger charge is 2.01. The number of hydrogen-bond donors (Lipinski definition) is 1. The van der Waals surface area contributed by atoms with Gasteiger partial charge in [0, 0.05) is 41.6 Å². The largest absolute Gasteiger partial charge is 0.378 e. The predicted molar refractivity (Wildman–Crippen MR) is 94.9 cm³/mol. The molecule has 2 aromatic rings. The Morgan fingerprint density at radius 3 is 2.36 bits per heavy atom. The first-order valence-electron chi connectivity index (χ1n) is 6.67. The molecular formula is C17H16Cl2N2O. The van der Waals surface area contributed by atoms with Crippen molar-refractivity contribution in [3.63, 3.8) is 0 Å². The van der Waals surface area contributed by atoms with E-state index in [0.717, 1.165) is 16.9 Å². The number of amides is 1. The SMILES string of the molecule is CN(C)c1ccc(NC(=O)/C=C/c2ccc(Cl)cc2Cl)cc1. The number of halogens is 2. The van der Waals surface area contributed by atoms with Crippen molar-refractivity contribution in [2.45, 2.75) is 0 Å². The van der Waals surface area contributed by atoms with Crippen LogP contribution >= 0.6 is 23.2 Å². The zero-order valence-corrected chi connectivity index (χ0v) is 13.8. The summed E-state index contributed by atoms with van der Waals surface area (Å²) in [7, 11) is 3.93. The Balaban J connectivity index is 2.01. The molecule has 0 radical (unpaired) electrons. The van der Waals surface area contributed by atoms with Crippen molar-refractivity contribution < 1.29 is 4.79 Å². The van der Waals surface area contributed by atoms with Crippen molar-refractivity contribution in [1.29, 1.82) is 0 Å². The molecule has 0 saturated carbocycles. The summed E-state index contributed by atoms with van der Waals surface area (Å²) in [6, 6.07) is 12.7. The Morgan fingerprint density at radius 2 is 1.77 bits per heavy atom. The lowest BCUT2D eigenvalue weighted by molar-refractivity contribution is -0.111. The standard InChI is InChI=1S/C17H16Cl2N2O/c1-21(2)15-8-6-14(7-9-15)20-17(22)10-4-12-3-5-13(18)11-16(12)19/h3-11H,1-2H3,(H,20,22)/b10-4+. The van der Waals surface area contributed by atoms with Gasteiger partial charge < -0.3 is 10.2 Å². The third-order valence-electron chi connectivity index (χ3n) is 3.03. The molecule has 0 saturated heterocycles. The van der Waals surface area contributed by atoms with Gasteiger partial charge in [0.25, 0.3) is 0 Å². The van der Waals surface area contributed by atoms with Gasteiger partial charge in [-0.25, -0.2) is 0 Å². The van der Waals surface area contributed by atoms with Crippen molar-refractivity contribution in [2.75, 3.05) is 24.3 Å². The van der Waals surface area contributed by atoms with E-state index < -0.39 is 0 Å². The van der Waals surface area contributed by atoms with Gasteiger partial charge in [-0.2, -0.15) is 0 Å². The summed E-state index contributed by atoms with van der Waals surface area (Å²) in [5, 5.41) is 3.86. The minimum Gasteiger partial charge on any atom is -0.378 e. The monoisotopic (exact) mass is 334 g/mol. The number of benzene rings is 2. The molecule has 0 heterocycles. The molecule has 3 nitrogen and oxygen atoms in total. The minimum atomic E-state index is -0.219. The van der Waals surface area contributed by atoms with Crippen molar-refractivity contribution in [1.82, 2.24) is 0 Å². The molecule has 114 valence electrons. The van der Waals surface area contributed by atoms with Crippen molar-refractivity contribution in [3.05, 3.63) is 64.1 Å². The lowest BCUT2D eigenvalue weighted by atomic mass is 10.2. The average molecular weight is 335 g/mol. The smallest absolute Gasteiger partial charge is 0.248 e. The molecule has 2 aromatic carbocycles. The van der Waals surface area contributed by atoms with Gasteiger partial charge in [0.1, 0.15) is 0 Å². The summed E-state index contributed by atoms with van der Waals surface area (Å²) < 4.78 is 0. The maximum atomic E-state index is 11.9. The molecule has 22 heavy (non-hydrogen) atoms. The molecule has 2 rings (SSSR count). The summed E-state index contributed by atoms with van der Waals surface area (Å²) >= 11 is 11.9. The van der Waals surface area contributed by atoms with E-state index >= 15 is 0 Å². The number of anilines is 2. The second-order valence-corrected chi connectivity index (χ2v) is 5.77. The highest BCUT2D eigenvalue weighted by molar-refractivity contribution is 6.35. The van der Waals surface area contributed by atoms with Crippen LogP contribution in [0.5, 0.6) is 0 Å². The molecule has 0 aliphatic heterocycles. The number of nitrogens with zero attached hydrogens (tertiary/aromatic N) is 1. The van der Waals surface area contributed by atoms with Crippen LogP contribution in [0, 0.1) is 0 Å². The van der Waals surface area contributed by atoms with E-state index in [1.807, 2.05) is 43.3 Å². The zero-order valence-electron chi connectivity index (χ0n) is 12.3. The second-order valence-electron chi connectivity index (χ2n) is 4.93. The van der Waals surface area contributed by atoms with Crippen LogP contribution in [0.4, 0.5) is 11.4 Å². The summed E-state index contributed by atoms with van der Waals surface area (Å²) in [6.45, 7) is 0. The third kappa shape index (κ3) is 4.52. The Morgan fingerprint density at radius 1 is 1.09 bits per heavy atom. The lowest BCUT2D eigenvalue weighted by Gasteiger charge is -2.12. The van der Waals surface area contributed by atoms with Crippen LogP contribution in [-0.2, 0) is 4.79 Å². The molecule has 0 atom stereocenters. The fraction of sp³-hybridized carbons (Fsp3) is 0.118. The summed E-state index contributed by atoms with van der Waals surface area (Å²) in [5.74, 6) is -0.219. The maximum absolute atomic E-state index is 11.9. The van der Waals surface area contributed by atoms with Crippen molar-refractivity contribution >= 4 is 46.6 Å². The normalized spacial score (nSPS) is 10.7. The molecule has 1 N–H and O–H groups in total. The van der Waals surface area contributed by atoms with E-state index in [9.17, 15) is 4.79 Å². The molecule has 1 amide bonds. The molecule has 5 heteroatoms. The quantitative estimate of drug-likeness (QED) is 0.821. The Labute approximate surface area is 140 Å². The first-order chi connectivity index (χ1) is 10.5.